The average Bonchev–Trinajstić information content (AvgIpc) is 2.88. The Morgan fingerprint density at radius 1 is 0.676 bits per heavy atom. The van der Waals surface area contributed by atoms with E-state index < -0.39 is 5.41 Å². The topological polar surface area (TPSA) is 43.4 Å². The highest BCUT2D eigenvalue weighted by Gasteiger charge is 2.27. The Morgan fingerprint density at radius 2 is 1.21 bits per heavy atom. The summed E-state index contributed by atoms with van der Waals surface area (Å²) >= 11 is 0. The van der Waals surface area contributed by atoms with E-state index in [0.29, 0.717) is 22.4 Å². The molecule has 0 aliphatic carbocycles. The number of carbonyl (C=O) groups excluding carboxylic acids is 2. The number of benzene rings is 3. The largest absolute Gasteiger partial charge is 0.457 e. The van der Waals surface area contributed by atoms with Crippen LogP contribution in [0.5, 0.6) is 11.5 Å². The third kappa shape index (κ3) is 5.47. The van der Waals surface area contributed by atoms with Crippen LogP contribution in [0.1, 0.15) is 92.6 Å². The third-order valence-electron chi connectivity index (χ3n) is 7.35. The Labute approximate surface area is 204 Å². The molecule has 0 amide bonds. The van der Waals surface area contributed by atoms with Crippen LogP contribution in [0.3, 0.4) is 0 Å². The van der Waals surface area contributed by atoms with Gasteiger partial charge in [0.15, 0.2) is 11.6 Å². The molecule has 0 N–H and O–H groups in total. The molecule has 0 unspecified atom stereocenters. The molecular weight excluding hydrogens is 420 g/mol. The van der Waals surface area contributed by atoms with Gasteiger partial charge in [0.25, 0.3) is 0 Å². The van der Waals surface area contributed by atoms with E-state index in [0.717, 1.165) is 25.0 Å². The van der Waals surface area contributed by atoms with Gasteiger partial charge in [0.05, 0.1) is 0 Å². The van der Waals surface area contributed by atoms with Gasteiger partial charge in [0, 0.05) is 22.1 Å². The fourth-order valence-corrected chi connectivity index (χ4v) is 3.91. The number of hydrogen-bond donors (Lipinski definition) is 0. The van der Waals surface area contributed by atoms with Crippen molar-refractivity contribution in [3.05, 3.63) is 95.1 Å². The van der Waals surface area contributed by atoms with Gasteiger partial charge in [0.1, 0.15) is 11.5 Å². The van der Waals surface area contributed by atoms with Crippen molar-refractivity contribution in [1.82, 2.24) is 0 Å². The molecule has 0 spiro atoms. The first-order valence-corrected chi connectivity index (χ1v) is 12.2. The van der Waals surface area contributed by atoms with Crippen LogP contribution in [0.15, 0.2) is 72.8 Å². The van der Waals surface area contributed by atoms with Crippen molar-refractivity contribution in [2.75, 3.05) is 0 Å². The summed E-state index contributed by atoms with van der Waals surface area (Å²) in [5.41, 5.74) is 2.68. The van der Waals surface area contributed by atoms with Crippen LogP contribution in [0.4, 0.5) is 0 Å². The molecule has 0 saturated carbocycles. The summed E-state index contributed by atoms with van der Waals surface area (Å²) in [5, 5.41) is 0. The molecule has 0 fully saturated rings. The van der Waals surface area contributed by atoms with E-state index in [1.54, 1.807) is 48.5 Å². The van der Waals surface area contributed by atoms with Gasteiger partial charge in [-0.15, -0.1) is 0 Å². The summed E-state index contributed by atoms with van der Waals surface area (Å²) in [6, 6.07) is 22.4. The Hall–Kier alpha value is -3.20. The van der Waals surface area contributed by atoms with Crippen LogP contribution >= 0.6 is 0 Å². The number of rotatable bonds is 10. The first-order valence-electron chi connectivity index (χ1n) is 12.2. The van der Waals surface area contributed by atoms with Gasteiger partial charge in [-0.2, -0.15) is 0 Å². The number of ketones is 2. The van der Waals surface area contributed by atoms with Crippen molar-refractivity contribution in [2.45, 2.75) is 66.2 Å². The van der Waals surface area contributed by atoms with Crippen molar-refractivity contribution in [2.24, 2.45) is 5.41 Å². The molecular formula is C31H36O3. The van der Waals surface area contributed by atoms with Crippen molar-refractivity contribution < 1.29 is 14.3 Å². The van der Waals surface area contributed by atoms with Gasteiger partial charge in [-0.3, -0.25) is 9.59 Å². The monoisotopic (exact) mass is 456 g/mol. The summed E-state index contributed by atoms with van der Waals surface area (Å²) < 4.78 is 6.00. The fourth-order valence-electron chi connectivity index (χ4n) is 3.91. The van der Waals surface area contributed by atoms with Crippen molar-refractivity contribution in [3.8, 4) is 11.5 Å². The molecule has 34 heavy (non-hydrogen) atoms. The zero-order valence-corrected chi connectivity index (χ0v) is 21.3. The minimum Gasteiger partial charge on any atom is -0.457 e. The highest BCUT2D eigenvalue weighted by molar-refractivity contribution is 6.10. The molecule has 0 aromatic heterocycles. The Kier molecular flexibility index (Phi) is 7.76. The first kappa shape index (κ1) is 25.4. The summed E-state index contributed by atoms with van der Waals surface area (Å²) in [4.78, 5) is 25.9. The van der Waals surface area contributed by atoms with E-state index in [1.165, 1.54) is 5.56 Å². The maximum absolute atomic E-state index is 13.0. The summed E-state index contributed by atoms with van der Waals surface area (Å²) in [6.07, 6.45) is 2.92. The van der Waals surface area contributed by atoms with Gasteiger partial charge >= 0.3 is 0 Å². The average molecular weight is 457 g/mol. The smallest absolute Gasteiger partial charge is 0.193 e. The van der Waals surface area contributed by atoms with Gasteiger partial charge in [-0.05, 0) is 72.7 Å². The summed E-state index contributed by atoms with van der Waals surface area (Å²) in [6.45, 7) is 12.6. The van der Waals surface area contributed by atoms with Crippen LogP contribution < -0.4 is 4.74 Å². The Morgan fingerprint density at radius 3 is 1.74 bits per heavy atom. The predicted octanol–water partition coefficient (Wildman–Crippen LogP) is 8.41. The second kappa shape index (κ2) is 10.4. The summed E-state index contributed by atoms with van der Waals surface area (Å²) in [7, 11) is 0. The normalized spacial score (nSPS) is 11.8. The number of hydrogen-bond acceptors (Lipinski definition) is 3. The van der Waals surface area contributed by atoms with Crippen LogP contribution in [-0.4, -0.2) is 11.6 Å². The van der Waals surface area contributed by atoms with E-state index >= 15 is 0 Å². The Bertz CT molecular complexity index is 1130. The molecule has 0 atom stereocenters. The van der Waals surface area contributed by atoms with Gasteiger partial charge in [-0.25, -0.2) is 0 Å². The quantitative estimate of drug-likeness (QED) is 0.288. The highest BCUT2D eigenvalue weighted by atomic mass is 16.5. The van der Waals surface area contributed by atoms with Crippen LogP contribution in [0.25, 0.3) is 0 Å². The molecule has 0 heterocycles. The molecule has 3 nitrogen and oxygen atoms in total. The fraction of sp³-hybridized carbons (Fsp3) is 0.355. The van der Waals surface area contributed by atoms with Gasteiger partial charge in [-0.1, -0.05) is 71.9 Å². The van der Waals surface area contributed by atoms with E-state index in [9.17, 15) is 9.59 Å². The van der Waals surface area contributed by atoms with E-state index in [1.807, 2.05) is 32.9 Å². The lowest BCUT2D eigenvalue weighted by Crippen LogP contribution is -2.23. The minimum absolute atomic E-state index is 0.0533. The number of ether oxygens (including phenoxy) is 1. The first-order chi connectivity index (χ1) is 16.1. The Balaban J connectivity index is 1.73. The standard InChI is InChI=1S/C31H36O3/c1-7-30(4,5)29(33)24-12-10-11-23(21-24)28(32)22-13-17-26(18-14-22)34-27-19-15-25(16-20-27)31(6,8-2)9-3/h10-21H,7-9H2,1-6H3. The minimum atomic E-state index is -0.454. The number of Topliss-reactive ketones (excluding diaryl/α,β-unsaturated/α-hetero) is 1. The molecule has 3 aromatic rings. The van der Waals surface area contributed by atoms with Crippen LogP contribution in [0.2, 0.25) is 0 Å². The molecule has 0 bridgehead atoms. The highest BCUT2D eigenvalue weighted by Crippen LogP contribution is 2.33. The SMILES string of the molecule is CCC(C)(C)C(=O)c1cccc(C(=O)c2ccc(Oc3ccc(C(C)(CC)CC)cc3)cc2)c1. The maximum atomic E-state index is 13.0. The zero-order valence-electron chi connectivity index (χ0n) is 21.3. The molecule has 0 aliphatic rings. The lowest BCUT2D eigenvalue weighted by Gasteiger charge is -2.27. The van der Waals surface area contributed by atoms with Crippen LogP contribution in [-0.2, 0) is 5.41 Å². The number of carbonyl (C=O) groups is 2. The molecule has 3 rings (SSSR count). The van der Waals surface area contributed by atoms with E-state index in [2.05, 4.69) is 32.9 Å². The second-order valence-electron chi connectivity index (χ2n) is 9.90. The molecule has 0 saturated heterocycles. The maximum Gasteiger partial charge on any atom is 0.193 e. The van der Waals surface area contributed by atoms with Crippen LogP contribution in [0, 0.1) is 5.41 Å². The lowest BCUT2D eigenvalue weighted by molar-refractivity contribution is 0.0833. The van der Waals surface area contributed by atoms with Crippen molar-refractivity contribution in [3.63, 3.8) is 0 Å². The van der Waals surface area contributed by atoms with E-state index in [4.69, 9.17) is 4.74 Å². The molecule has 0 radical (unpaired) electrons. The van der Waals surface area contributed by atoms with Crippen molar-refractivity contribution >= 4 is 11.6 Å². The molecule has 178 valence electrons. The lowest BCUT2D eigenvalue weighted by atomic mass is 9.78. The molecule has 3 heteroatoms. The molecule has 0 aliphatic heterocycles. The van der Waals surface area contributed by atoms with Gasteiger partial charge in [0.2, 0.25) is 0 Å². The predicted molar refractivity (Wildman–Crippen MR) is 139 cm³/mol. The van der Waals surface area contributed by atoms with E-state index in [-0.39, 0.29) is 17.0 Å². The summed E-state index contributed by atoms with van der Waals surface area (Å²) in [5.74, 6) is 1.38. The second-order valence-corrected chi connectivity index (χ2v) is 9.90. The molecule has 3 aromatic carbocycles. The zero-order chi connectivity index (χ0) is 24.9. The van der Waals surface area contributed by atoms with Crippen molar-refractivity contribution in [1.29, 1.82) is 0 Å². The third-order valence-corrected chi connectivity index (χ3v) is 7.35. The van der Waals surface area contributed by atoms with Gasteiger partial charge < -0.3 is 4.74 Å².